The van der Waals surface area contributed by atoms with Crippen molar-refractivity contribution in [1.29, 1.82) is 0 Å². The Labute approximate surface area is 123 Å². The summed E-state index contributed by atoms with van der Waals surface area (Å²) in [6.07, 6.45) is 3.10. The molecule has 0 aliphatic heterocycles. The van der Waals surface area contributed by atoms with Crippen molar-refractivity contribution in [1.82, 2.24) is 9.78 Å². The van der Waals surface area contributed by atoms with Crippen LogP contribution in [0.15, 0.2) is 35.3 Å². The molecule has 0 amide bonds. The van der Waals surface area contributed by atoms with Crippen LogP contribution in [0, 0.1) is 0 Å². The minimum absolute atomic E-state index is 0.182. The van der Waals surface area contributed by atoms with Crippen molar-refractivity contribution in [2.75, 3.05) is 7.11 Å². The van der Waals surface area contributed by atoms with Crippen LogP contribution in [-0.4, -0.2) is 22.9 Å². The van der Waals surface area contributed by atoms with E-state index >= 15 is 0 Å². The Morgan fingerprint density at radius 2 is 2.05 bits per heavy atom. The first-order valence-corrected chi connectivity index (χ1v) is 6.91. The number of benzene rings is 1. The van der Waals surface area contributed by atoms with Crippen LogP contribution in [0.4, 0.5) is 0 Å². The molecule has 21 heavy (non-hydrogen) atoms. The summed E-state index contributed by atoms with van der Waals surface area (Å²) in [7, 11) is 1.24. The van der Waals surface area contributed by atoms with Crippen LogP contribution in [0.2, 0.25) is 0 Å². The number of ether oxygens (including phenoxy) is 1. The van der Waals surface area contributed by atoms with E-state index in [9.17, 15) is 9.59 Å². The lowest BCUT2D eigenvalue weighted by Crippen LogP contribution is -2.25. The third kappa shape index (κ3) is 3.02. The van der Waals surface area contributed by atoms with Crippen LogP contribution < -0.4 is 5.43 Å². The molecule has 5 nitrogen and oxygen atoms in total. The van der Waals surface area contributed by atoms with E-state index < -0.39 is 5.97 Å². The molecule has 2 rings (SSSR count). The molecule has 1 heterocycles. The zero-order valence-corrected chi connectivity index (χ0v) is 12.4. The van der Waals surface area contributed by atoms with Gasteiger partial charge in [0.1, 0.15) is 0 Å². The molecule has 0 saturated carbocycles. The van der Waals surface area contributed by atoms with Crippen molar-refractivity contribution >= 4 is 5.97 Å². The van der Waals surface area contributed by atoms with Crippen molar-refractivity contribution < 1.29 is 9.53 Å². The third-order valence-electron chi connectivity index (χ3n) is 3.34. The highest BCUT2D eigenvalue weighted by atomic mass is 16.5. The van der Waals surface area contributed by atoms with Gasteiger partial charge in [0.15, 0.2) is 0 Å². The minimum atomic E-state index is -0.712. The second-order valence-corrected chi connectivity index (χ2v) is 4.65. The van der Waals surface area contributed by atoms with Crippen molar-refractivity contribution in [2.24, 2.45) is 0 Å². The summed E-state index contributed by atoms with van der Waals surface area (Å²) < 4.78 is 6.20. The summed E-state index contributed by atoms with van der Waals surface area (Å²) in [5, 5.41) is 4.13. The Balaban J connectivity index is 2.63. The van der Waals surface area contributed by atoms with Gasteiger partial charge in [-0.1, -0.05) is 26.0 Å². The number of methoxy groups -OCH3 is 1. The zero-order chi connectivity index (χ0) is 15.4. The summed E-state index contributed by atoms with van der Waals surface area (Å²) >= 11 is 0. The largest absolute Gasteiger partial charge is 0.464 e. The van der Waals surface area contributed by atoms with E-state index in [0.717, 1.165) is 17.7 Å². The molecule has 0 atom stereocenters. The molecule has 5 heteroatoms. The van der Waals surface area contributed by atoms with Gasteiger partial charge in [-0.05, 0) is 30.5 Å². The van der Waals surface area contributed by atoms with Gasteiger partial charge >= 0.3 is 5.97 Å². The normalized spacial score (nSPS) is 10.4. The molecule has 0 saturated heterocycles. The monoisotopic (exact) mass is 286 g/mol. The van der Waals surface area contributed by atoms with Crippen LogP contribution in [0.1, 0.15) is 35.5 Å². The van der Waals surface area contributed by atoms with Gasteiger partial charge in [-0.2, -0.15) is 5.10 Å². The number of carbonyl (C=O) groups is 1. The number of aryl methyl sites for hydroxylation is 2. The highest BCUT2D eigenvalue weighted by Crippen LogP contribution is 2.11. The molecule has 0 radical (unpaired) electrons. The molecule has 0 spiro atoms. The van der Waals surface area contributed by atoms with Gasteiger partial charge in [0.2, 0.25) is 11.1 Å². The van der Waals surface area contributed by atoms with Crippen molar-refractivity contribution in [3.05, 3.63) is 57.5 Å². The molecule has 1 aromatic heterocycles. The quantitative estimate of drug-likeness (QED) is 0.808. The van der Waals surface area contributed by atoms with E-state index in [4.69, 9.17) is 0 Å². The number of rotatable bonds is 4. The van der Waals surface area contributed by atoms with Crippen LogP contribution in [0.25, 0.3) is 5.69 Å². The lowest BCUT2D eigenvalue weighted by atomic mass is 10.1. The second kappa shape index (κ2) is 6.35. The van der Waals surface area contributed by atoms with Gasteiger partial charge in [-0.15, -0.1) is 0 Å². The molecule has 0 aliphatic carbocycles. The summed E-state index contributed by atoms with van der Waals surface area (Å²) in [6, 6.07) is 7.82. The maximum absolute atomic E-state index is 12.1. The Morgan fingerprint density at radius 1 is 1.29 bits per heavy atom. The summed E-state index contributed by atoms with van der Waals surface area (Å²) in [5.74, 6) is -0.712. The molecular weight excluding hydrogens is 268 g/mol. The number of hydrogen-bond donors (Lipinski definition) is 0. The van der Waals surface area contributed by atoms with E-state index in [1.807, 2.05) is 31.2 Å². The van der Waals surface area contributed by atoms with Gasteiger partial charge in [-0.25, -0.2) is 9.48 Å². The average molecular weight is 286 g/mol. The molecule has 0 bridgehead atoms. The molecule has 0 unspecified atom stereocenters. The lowest BCUT2D eigenvalue weighted by molar-refractivity contribution is 0.0590. The van der Waals surface area contributed by atoms with E-state index in [-0.39, 0.29) is 11.1 Å². The minimum Gasteiger partial charge on any atom is -0.464 e. The average Bonchev–Trinajstić information content (AvgIpc) is 2.54. The second-order valence-electron chi connectivity index (χ2n) is 4.65. The Hall–Kier alpha value is -2.43. The fraction of sp³-hybridized carbons (Fsp3) is 0.312. The number of carbonyl (C=O) groups excluding carboxylic acids is 1. The Bertz CT molecular complexity index is 720. The smallest absolute Gasteiger partial charge is 0.362 e. The van der Waals surface area contributed by atoms with Gasteiger partial charge in [0.25, 0.3) is 0 Å². The van der Waals surface area contributed by atoms with Crippen LogP contribution in [-0.2, 0) is 17.6 Å². The predicted molar refractivity (Wildman–Crippen MR) is 79.9 cm³/mol. The molecular formula is C16H18N2O3. The topological polar surface area (TPSA) is 61.2 Å². The first-order chi connectivity index (χ1) is 10.1. The Morgan fingerprint density at radius 3 is 2.67 bits per heavy atom. The third-order valence-corrected chi connectivity index (χ3v) is 3.34. The fourth-order valence-corrected chi connectivity index (χ4v) is 2.07. The molecule has 2 aromatic rings. The van der Waals surface area contributed by atoms with Crippen LogP contribution in [0.5, 0.6) is 0 Å². The summed E-state index contributed by atoms with van der Waals surface area (Å²) in [4.78, 5) is 23.8. The fourth-order valence-electron chi connectivity index (χ4n) is 2.07. The maximum Gasteiger partial charge on any atom is 0.362 e. The predicted octanol–water partition coefficient (Wildman–Crippen LogP) is 2.14. The number of aromatic nitrogens is 2. The molecule has 110 valence electrons. The van der Waals surface area contributed by atoms with Crippen molar-refractivity contribution in [2.45, 2.75) is 26.7 Å². The van der Waals surface area contributed by atoms with Gasteiger partial charge < -0.3 is 4.74 Å². The summed E-state index contributed by atoms with van der Waals surface area (Å²) in [6.45, 7) is 3.93. The standard InChI is InChI=1S/C16H18N2O3/c1-4-11-7-6-8-13(9-11)18-10-12(5-2)15(19)14(17-18)16(20)21-3/h6-10H,4-5H2,1-3H3. The van der Waals surface area contributed by atoms with Crippen molar-refractivity contribution in [3.63, 3.8) is 0 Å². The molecule has 0 fully saturated rings. The van der Waals surface area contributed by atoms with E-state index in [1.165, 1.54) is 7.11 Å². The highest BCUT2D eigenvalue weighted by Gasteiger charge is 2.17. The molecule has 0 N–H and O–H groups in total. The van der Waals surface area contributed by atoms with Crippen molar-refractivity contribution in [3.8, 4) is 5.69 Å². The first-order valence-electron chi connectivity index (χ1n) is 6.91. The van der Waals surface area contributed by atoms with Crippen LogP contribution in [0.3, 0.4) is 0 Å². The van der Waals surface area contributed by atoms with E-state index in [0.29, 0.717) is 12.0 Å². The summed E-state index contributed by atoms with van der Waals surface area (Å²) in [5.41, 5.74) is 1.96. The van der Waals surface area contributed by atoms with E-state index in [2.05, 4.69) is 16.8 Å². The van der Waals surface area contributed by atoms with Gasteiger partial charge in [0, 0.05) is 11.8 Å². The number of esters is 1. The van der Waals surface area contributed by atoms with E-state index in [1.54, 1.807) is 10.9 Å². The highest BCUT2D eigenvalue weighted by molar-refractivity contribution is 5.87. The number of hydrogen-bond acceptors (Lipinski definition) is 4. The first kappa shape index (κ1) is 15.0. The lowest BCUT2D eigenvalue weighted by Gasteiger charge is -2.10. The van der Waals surface area contributed by atoms with Gasteiger partial charge in [0.05, 0.1) is 12.8 Å². The van der Waals surface area contributed by atoms with Gasteiger partial charge in [-0.3, -0.25) is 4.79 Å². The zero-order valence-electron chi connectivity index (χ0n) is 12.4. The SMILES string of the molecule is CCc1cccc(-n2cc(CC)c(=O)c(C(=O)OC)n2)c1. The van der Waals surface area contributed by atoms with Crippen LogP contribution >= 0.6 is 0 Å². The Kier molecular flexibility index (Phi) is 4.52. The molecule has 1 aromatic carbocycles. The molecule has 0 aliphatic rings. The number of nitrogens with zero attached hydrogens (tertiary/aromatic N) is 2. The maximum atomic E-state index is 12.1.